The molecule has 35 heavy (non-hydrogen) atoms. The van der Waals surface area contributed by atoms with E-state index in [9.17, 15) is 9.18 Å². The van der Waals surface area contributed by atoms with Gasteiger partial charge in [0.25, 0.3) is 5.56 Å². The SMILES string of the molecule is Cc1cc(C2=NNC(=Nc3ccccc3F)SC2)c(C)n1-c1c(C)n(C)n(-c2ccccc2)c1=O. The van der Waals surface area contributed by atoms with E-state index in [1.807, 2.05) is 73.5 Å². The van der Waals surface area contributed by atoms with Gasteiger partial charge in [0.2, 0.25) is 0 Å². The van der Waals surface area contributed by atoms with Crippen molar-refractivity contribution >= 4 is 28.3 Å². The molecule has 3 heterocycles. The van der Waals surface area contributed by atoms with Crippen LogP contribution >= 0.6 is 11.8 Å². The number of nitrogens with zero attached hydrogens (tertiary/aromatic N) is 5. The zero-order valence-corrected chi connectivity index (χ0v) is 20.7. The monoisotopic (exact) mass is 488 g/mol. The van der Waals surface area contributed by atoms with Crippen LogP contribution in [0.1, 0.15) is 22.6 Å². The Morgan fingerprint density at radius 2 is 1.74 bits per heavy atom. The van der Waals surface area contributed by atoms with E-state index in [1.165, 1.54) is 17.8 Å². The van der Waals surface area contributed by atoms with Crippen LogP contribution in [0, 0.1) is 26.6 Å². The zero-order chi connectivity index (χ0) is 24.7. The summed E-state index contributed by atoms with van der Waals surface area (Å²) >= 11 is 1.46. The molecule has 5 rings (SSSR count). The molecule has 7 nitrogen and oxygen atoms in total. The number of rotatable bonds is 4. The standard InChI is InChI=1S/C26H25FN6OS/c1-16-14-20(23-15-35-26(30-29-23)28-22-13-9-8-12-21(22)27)17(2)32(16)24-18(3)31(4)33(25(24)34)19-10-6-5-7-11-19/h5-14H,15H2,1-4H3,(H,28,30). The quantitative estimate of drug-likeness (QED) is 0.450. The molecule has 2 aromatic carbocycles. The highest BCUT2D eigenvalue weighted by atomic mass is 32.2. The van der Waals surface area contributed by atoms with Crippen LogP contribution in [0.5, 0.6) is 0 Å². The minimum Gasteiger partial charge on any atom is -0.311 e. The zero-order valence-electron chi connectivity index (χ0n) is 19.9. The number of halogens is 1. The van der Waals surface area contributed by atoms with E-state index in [-0.39, 0.29) is 17.1 Å². The van der Waals surface area contributed by atoms with Crippen LogP contribution in [-0.2, 0) is 7.05 Å². The Labute approximate surface area is 206 Å². The molecule has 0 amide bonds. The van der Waals surface area contributed by atoms with E-state index in [1.54, 1.807) is 22.9 Å². The minimum atomic E-state index is -0.375. The van der Waals surface area contributed by atoms with Crippen molar-refractivity contribution in [1.82, 2.24) is 19.4 Å². The fourth-order valence-electron chi connectivity index (χ4n) is 4.37. The molecule has 2 aromatic heterocycles. The number of aryl methyl sites for hydroxylation is 1. The van der Waals surface area contributed by atoms with Crippen LogP contribution < -0.4 is 11.0 Å². The van der Waals surface area contributed by atoms with Gasteiger partial charge in [0.15, 0.2) is 5.17 Å². The van der Waals surface area contributed by atoms with Gasteiger partial charge in [0, 0.05) is 29.8 Å². The second-order valence-electron chi connectivity index (χ2n) is 8.36. The summed E-state index contributed by atoms with van der Waals surface area (Å²) in [5.41, 5.74) is 9.13. The summed E-state index contributed by atoms with van der Waals surface area (Å²) in [4.78, 5) is 17.9. The number of hydrogen-bond donors (Lipinski definition) is 1. The summed E-state index contributed by atoms with van der Waals surface area (Å²) in [6.45, 7) is 5.94. The van der Waals surface area contributed by atoms with E-state index in [2.05, 4.69) is 15.5 Å². The predicted molar refractivity (Wildman–Crippen MR) is 140 cm³/mol. The molecule has 0 aliphatic carbocycles. The number of aromatic nitrogens is 3. The Morgan fingerprint density at radius 3 is 2.43 bits per heavy atom. The van der Waals surface area contributed by atoms with Crippen LogP contribution in [0.15, 0.2) is 75.6 Å². The molecule has 0 fully saturated rings. The molecule has 0 radical (unpaired) electrons. The Morgan fingerprint density at radius 1 is 1.03 bits per heavy atom. The number of nitrogens with one attached hydrogen (secondary N) is 1. The second-order valence-corrected chi connectivity index (χ2v) is 9.32. The molecule has 0 bridgehead atoms. The topological polar surface area (TPSA) is 68.6 Å². The lowest BCUT2D eigenvalue weighted by molar-refractivity contribution is 0.630. The summed E-state index contributed by atoms with van der Waals surface area (Å²) < 4.78 is 19.5. The Kier molecular flexibility index (Phi) is 5.94. The van der Waals surface area contributed by atoms with Gasteiger partial charge in [-0.2, -0.15) is 5.10 Å². The van der Waals surface area contributed by atoms with Crippen molar-refractivity contribution in [2.45, 2.75) is 20.8 Å². The third-order valence-electron chi connectivity index (χ3n) is 6.20. The number of hydrazone groups is 1. The third kappa shape index (κ3) is 4.01. The number of amidine groups is 1. The highest BCUT2D eigenvalue weighted by Gasteiger charge is 2.24. The molecule has 1 aliphatic heterocycles. The highest BCUT2D eigenvalue weighted by Crippen LogP contribution is 2.26. The van der Waals surface area contributed by atoms with E-state index < -0.39 is 0 Å². The number of benzene rings is 2. The van der Waals surface area contributed by atoms with Crippen LogP contribution in [0.4, 0.5) is 10.1 Å². The molecule has 0 unspecified atom stereocenters. The lowest BCUT2D eigenvalue weighted by Crippen LogP contribution is -2.25. The summed E-state index contributed by atoms with van der Waals surface area (Å²) in [6, 6.07) is 18.1. The van der Waals surface area contributed by atoms with Gasteiger partial charge in [-0.3, -0.25) is 14.9 Å². The summed E-state index contributed by atoms with van der Waals surface area (Å²) in [5.74, 6) is 0.201. The summed E-state index contributed by atoms with van der Waals surface area (Å²) in [6.07, 6.45) is 0. The molecule has 9 heteroatoms. The van der Waals surface area contributed by atoms with Gasteiger partial charge in [0.1, 0.15) is 17.2 Å². The Bertz CT molecular complexity index is 1540. The average Bonchev–Trinajstić information content (AvgIpc) is 3.27. The average molecular weight is 489 g/mol. The van der Waals surface area contributed by atoms with Gasteiger partial charge < -0.3 is 4.57 Å². The smallest absolute Gasteiger partial charge is 0.295 e. The van der Waals surface area contributed by atoms with Gasteiger partial charge >= 0.3 is 0 Å². The lowest BCUT2D eigenvalue weighted by Gasteiger charge is -2.15. The van der Waals surface area contributed by atoms with Gasteiger partial charge in [-0.25, -0.2) is 14.1 Å². The molecule has 178 valence electrons. The van der Waals surface area contributed by atoms with E-state index in [4.69, 9.17) is 0 Å². The maximum atomic E-state index is 13.9. The third-order valence-corrected chi connectivity index (χ3v) is 7.07. The van der Waals surface area contributed by atoms with Crippen molar-refractivity contribution in [3.05, 3.63) is 99.5 Å². The summed E-state index contributed by atoms with van der Waals surface area (Å²) in [5, 5.41) is 5.06. The van der Waals surface area contributed by atoms with Gasteiger partial charge in [-0.05, 0) is 51.1 Å². The molecule has 0 atom stereocenters. The molecule has 1 aliphatic rings. The molecular formula is C26H25FN6OS. The molecule has 0 spiro atoms. The first kappa shape index (κ1) is 22.9. The normalized spacial score (nSPS) is 14.8. The minimum absolute atomic E-state index is 0.0815. The van der Waals surface area contributed by atoms with Crippen LogP contribution in [0.25, 0.3) is 11.4 Å². The van der Waals surface area contributed by atoms with Crippen molar-refractivity contribution in [2.75, 3.05) is 5.75 Å². The van der Waals surface area contributed by atoms with Gasteiger partial charge in [-0.15, -0.1) is 0 Å². The Hall–Kier alpha value is -3.85. The van der Waals surface area contributed by atoms with Crippen molar-refractivity contribution in [3.63, 3.8) is 0 Å². The molecular weight excluding hydrogens is 463 g/mol. The first-order chi connectivity index (χ1) is 16.9. The van der Waals surface area contributed by atoms with E-state index in [0.29, 0.717) is 16.6 Å². The van der Waals surface area contributed by atoms with Gasteiger partial charge in [-0.1, -0.05) is 42.1 Å². The molecule has 4 aromatic rings. The second kappa shape index (κ2) is 9.07. The number of hydrogen-bond acceptors (Lipinski definition) is 4. The molecule has 0 saturated carbocycles. The maximum absolute atomic E-state index is 13.9. The molecule has 0 saturated heterocycles. The highest BCUT2D eigenvalue weighted by molar-refractivity contribution is 8.14. The van der Waals surface area contributed by atoms with Crippen molar-refractivity contribution < 1.29 is 4.39 Å². The van der Waals surface area contributed by atoms with E-state index in [0.717, 1.165) is 34.0 Å². The fraction of sp³-hybridized carbons (Fsp3) is 0.192. The lowest BCUT2D eigenvalue weighted by atomic mass is 10.1. The van der Waals surface area contributed by atoms with Gasteiger partial charge in [0.05, 0.1) is 17.1 Å². The summed E-state index contributed by atoms with van der Waals surface area (Å²) in [7, 11) is 1.89. The maximum Gasteiger partial charge on any atom is 0.295 e. The van der Waals surface area contributed by atoms with Crippen LogP contribution in [0.3, 0.4) is 0 Å². The van der Waals surface area contributed by atoms with E-state index >= 15 is 0 Å². The van der Waals surface area contributed by atoms with Crippen LogP contribution in [-0.4, -0.2) is 30.6 Å². The van der Waals surface area contributed by atoms with Crippen molar-refractivity contribution in [1.29, 1.82) is 0 Å². The predicted octanol–water partition coefficient (Wildman–Crippen LogP) is 4.76. The van der Waals surface area contributed by atoms with Crippen molar-refractivity contribution in [3.8, 4) is 11.4 Å². The number of thioether (sulfide) groups is 1. The number of aliphatic imine (C=N–C) groups is 1. The Balaban J connectivity index is 1.51. The van der Waals surface area contributed by atoms with Crippen LogP contribution in [0.2, 0.25) is 0 Å². The molecule has 1 N–H and O–H groups in total. The fourth-order valence-corrected chi connectivity index (χ4v) is 5.14. The first-order valence-electron chi connectivity index (χ1n) is 11.2. The van der Waals surface area contributed by atoms with Crippen molar-refractivity contribution in [2.24, 2.45) is 17.1 Å². The largest absolute Gasteiger partial charge is 0.311 e. The number of para-hydroxylation sites is 2. The first-order valence-corrected chi connectivity index (χ1v) is 12.2.